The zero-order valence-electron chi connectivity index (χ0n) is 11.0. The third-order valence-electron chi connectivity index (χ3n) is 2.72. The third kappa shape index (κ3) is 4.84. The number of alkyl halides is 1. The molecule has 0 amide bonds. The van der Waals surface area contributed by atoms with Gasteiger partial charge in [-0.25, -0.2) is 0 Å². The van der Waals surface area contributed by atoms with E-state index < -0.39 is 0 Å². The van der Waals surface area contributed by atoms with E-state index in [0.29, 0.717) is 13.2 Å². The number of hydrogen-bond acceptors (Lipinski definition) is 2. The van der Waals surface area contributed by atoms with Gasteiger partial charge in [0.25, 0.3) is 0 Å². The van der Waals surface area contributed by atoms with Gasteiger partial charge in [0.15, 0.2) is 0 Å². The zero-order valence-corrected chi connectivity index (χ0v) is 14.2. The van der Waals surface area contributed by atoms with Crippen molar-refractivity contribution in [1.82, 2.24) is 0 Å². The van der Waals surface area contributed by atoms with Crippen LogP contribution < -0.4 is 9.47 Å². The molecule has 0 aliphatic heterocycles. The molecule has 0 aliphatic rings. The predicted molar refractivity (Wildman–Crippen MR) is 88.8 cm³/mol. The van der Waals surface area contributed by atoms with Crippen molar-refractivity contribution in [2.75, 3.05) is 13.2 Å². The van der Waals surface area contributed by atoms with Crippen molar-refractivity contribution in [1.29, 1.82) is 0 Å². The minimum absolute atomic E-state index is 0.647. The van der Waals surface area contributed by atoms with Crippen LogP contribution in [0.1, 0.15) is 12.0 Å². The number of halogens is 2. The molecule has 2 rings (SSSR count). The molecule has 0 unspecified atom stereocenters. The van der Waals surface area contributed by atoms with Gasteiger partial charge in [-0.3, -0.25) is 0 Å². The van der Waals surface area contributed by atoms with Gasteiger partial charge in [-0.2, -0.15) is 0 Å². The van der Waals surface area contributed by atoms with E-state index in [1.54, 1.807) is 0 Å². The van der Waals surface area contributed by atoms with E-state index in [2.05, 4.69) is 37.9 Å². The minimum Gasteiger partial charge on any atom is -0.493 e. The molecule has 0 saturated heterocycles. The standard InChI is InChI=1S/C16H16Br2O2/c17-12-13-11-14(18)7-8-16(13)20-10-4-9-19-15-5-2-1-3-6-15/h1-3,5-8,11H,4,9-10,12H2. The van der Waals surface area contributed by atoms with Crippen molar-refractivity contribution >= 4 is 31.9 Å². The van der Waals surface area contributed by atoms with Crippen molar-refractivity contribution in [3.05, 3.63) is 58.6 Å². The molecule has 0 aliphatic carbocycles. The van der Waals surface area contributed by atoms with Gasteiger partial charge in [-0.1, -0.05) is 50.1 Å². The largest absolute Gasteiger partial charge is 0.493 e. The molecule has 0 atom stereocenters. The number of ether oxygens (including phenoxy) is 2. The Bertz CT molecular complexity index is 529. The molecule has 0 bridgehead atoms. The van der Waals surface area contributed by atoms with Crippen molar-refractivity contribution in [2.45, 2.75) is 11.8 Å². The van der Waals surface area contributed by atoms with Crippen LogP contribution >= 0.6 is 31.9 Å². The minimum atomic E-state index is 0.647. The van der Waals surface area contributed by atoms with E-state index in [4.69, 9.17) is 9.47 Å². The summed E-state index contributed by atoms with van der Waals surface area (Å²) >= 11 is 6.93. The summed E-state index contributed by atoms with van der Waals surface area (Å²) in [4.78, 5) is 0. The number of rotatable bonds is 7. The molecular formula is C16H16Br2O2. The first-order chi connectivity index (χ1) is 9.79. The summed E-state index contributed by atoms with van der Waals surface area (Å²) in [5.74, 6) is 1.82. The highest BCUT2D eigenvalue weighted by atomic mass is 79.9. The fourth-order valence-electron chi connectivity index (χ4n) is 1.74. The van der Waals surface area contributed by atoms with Crippen LogP contribution in [0.25, 0.3) is 0 Å². The maximum absolute atomic E-state index is 5.79. The Kier molecular flexibility index (Phi) is 6.40. The molecular weight excluding hydrogens is 384 g/mol. The summed E-state index contributed by atoms with van der Waals surface area (Å²) in [5, 5.41) is 0.780. The Labute approximate surface area is 136 Å². The molecule has 0 heterocycles. The predicted octanol–water partition coefficient (Wildman–Crippen LogP) is 5.19. The Morgan fingerprint density at radius 2 is 1.65 bits per heavy atom. The van der Waals surface area contributed by atoms with Crippen molar-refractivity contribution in [3.63, 3.8) is 0 Å². The lowest BCUT2D eigenvalue weighted by Crippen LogP contribution is -2.05. The summed E-state index contributed by atoms with van der Waals surface area (Å²) in [5.41, 5.74) is 1.14. The number of benzene rings is 2. The lowest BCUT2D eigenvalue weighted by molar-refractivity contribution is 0.246. The van der Waals surface area contributed by atoms with Crippen molar-refractivity contribution in [2.24, 2.45) is 0 Å². The van der Waals surface area contributed by atoms with Crippen LogP contribution in [0, 0.1) is 0 Å². The maximum atomic E-state index is 5.79. The number of hydrogen-bond donors (Lipinski definition) is 0. The van der Waals surface area contributed by atoms with Crippen LogP contribution in [0.15, 0.2) is 53.0 Å². The van der Waals surface area contributed by atoms with Gasteiger partial charge in [-0.05, 0) is 30.3 Å². The molecule has 20 heavy (non-hydrogen) atoms. The van der Waals surface area contributed by atoms with Gasteiger partial charge in [0, 0.05) is 21.8 Å². The van der Waals surface area contributed by atoms with Crippen LogP contribution in [-0.2, 0) is 5.33 Å². The first-order valence-electron chi connectivity index (χ1n) is 6.44. The first-order valence-corrected chi connectivity index (χ1v) is 8.36. The molecule has 0 aromatic heterocycles. The SMILES string of the molecule is BrCc1cc(Br)ccc1OCCCOc1ccccc1. The quantitative estimate of drug-likeness (QED) is 0.471. The topological polar surface area (TPSA) is 18.5 Å². The lowest BCUT2D eigenvalue weighted by atomic mass is 10.2. The average Bonchev–Trinajstić information content (AvgIpc) is 2.49. The molecule has 2 aromatic carbocycles. The van der Waals surface area contributed by atoms with Gasteiger partial charge in [-0.15, -0.1) is 0 Å². The average molecular weight is 400 g/mol. The molecule has 106 valence electrons. The molecule has 2 nitrogen and oxygen atoms in total. The first kappa shape index (κ1) is 15.4. The summed E-state index contributed by atoms with van der Waals surface area (Å²) in [7, 11) is 0. The fourth-order valence-corrected chi connectivity index (χ4v) is 2.59. The second-order valence-corrected chi connectivity index (χ2v) is 5.73. The van der Waals surface area contributed by atoms with Crippen LogP contribution in [0.4, 0.5) is 0 Å². The van der Waals surface area contributed by atoms with E-state index >= 15 is 0 Å². The summed E-state index contributed by atoms with van der Waals surface area (Å²) in [6, 6.07) is 15.9. The van der Waals surface area contributed by atoms with Crippen molar-refractivity contribution in [3.8, 4) is 11.5 Å². The van der Waals surface area contributed by atoms with Crippen LogP contribution in [0.3, 0.4) is 0 Å². The van der Waals surface area contributed by atoms with Crippen molar-refractivity contribution < 1.29 is 9.47 Å². The number of para-hydroxylation sites is 1. The maximum Gasteiger partial charge on any atom is 0.123 e. The van der Waals surface area contributed by atoms with Gasteiger partial charge < -0.3 is 9.47 Å². The molecule has 0 N–H and O–H groups in total. The van der Waals surface area contributed by atoms with E-state index in [1.165, 1.54) is 0 Å². The van der Waals surface area contributed by atoms with Gasteiger partial charge in [0.1, 0.15) is 11.5 Å². The second-order valence-electron chi connectivity index (χ2n) is 4.25. The Hall–Kier alpha value is -1.00. The Morgan fingerprint density at radius 3 is 2.40 bits per heavy atom. The molecule has 2 aromatic rings. The van der Waals surface area contributed by atoms with E-state index in [0.717, 1.165) is 33.3 Å². The summed E-state index contributed by atoms with van der Waals surface area (Å²) in [6.07, 6.45) is 0.854. The lowest BCUT2D eigenvalue weighted by Gasteiger charge is -2.11. The smallest absolute Gasteiger partial charge is 0.123 e. The van der Waals surface area contributed by atoms with E-state index in [1.807, 2.05) is 42.5 Å². The summed E-state index contributed by atoms with van der Waals surface area (Å²) in [6.45, 7) is 1.30. The molecule has 4 heteroatoms. The molecule has 0 fully saturated rings. The highest BCUT2D eigenvalue weighted by Crippen LogP contribution is 2.25. The van der Waals surface area contributed by atoms with Gasteiger partial charge in [0.05, 0.1) is 13.2 Å². The monoisotopic (exact) mass is 398 g/mol. The normalized spacial score (nSPS) is 10.3. The Morgan fingerprint density at radius 1 is 0.900 bits per heavy atom. The molecule has 0 radical (unpaired) electrons. The molecule has 0 saturated carbocycles. The highest BCUT2D eigenvalue weighted by Gasteiger charge is 2.03. The van der Waals surface area contributed by atoms with E-state index in [-0.39, 0.29) is 0 Å². The molecule has 0 spiro atoms. The van der Waals surface area contributed by atoms with Gasteiger partial charge >= 0.3 is 0 Å². The van der Waals surface area contributed by atoms with Crippen LogP contribution in [0.5, 0.6) is 11.5 Å². The van der Waals surface area contributed by atoms with Crippen LogP contribution in [0.2, 0.25) is 0 Å². The zero-order chi connectivity index (χ0) is 14.2. The van der Waals surface area contributed by atoms with Gasteiger partial charge in [0.2, 0.25) is 0 Å². The Balaban J connectivity index is 1.73. The summed E-state index contributed by atoms with van der Waals surface area (Å²) < 4.78 is 12.5. The second kappa shape index (κ2) is 8.32. The third-order valence-corrected chi connectivity index (χ3v) is 3.82. The van der Waals surface area contributed by atoms with Crippen LogP contribution in [-0.4, -0.2) is 13.2 Å². The van der Waals surface area contributed by atoms with E-state index in [9.17, 15) is 0 Å². The highest BCUT2D eigenvalue weighted by molar-refractivity contribution is 9.10. The fraction of sp³-hybridized carbons (Fsp3) is 0.250.